The number of rotatable bonds is 4. The highest BCUT2D eigenvalue weighted by molar-refractivity contribution is 5.82. The van der Waals surface area contributed by atoms with Gasteiger partial charge in [-0.1, -0.05) is 30.3 Å². The van der Waals surface area contributed by atoms with Gasteiger partial charge in [-0.15, -0.1) is 0 Å². The largest absolute Gasteiger partial charge is 0.467 e. The molecule has 0 saturated carbocycles. The van der Waals surface area contributed by atoms with Gasteiger partial charge in [0.2, 0.25) is 0 Å². The molecule has 1 fully saturated rings. The Morgan fingerprint density at radius 3 is 2.50 bits per heavy atom. The fourth-order valence-corrected chi connectivity index (χ4v) is 2.72. The van der Waals surface area contributed by atoms with Crippen molar-refractivity contribution in [2.24, 2.45) is 0 Å². The number of nitrogens with one attached hydrogen (secondary N) is 1. The van der Waals surface area contributed by atoms with Crippen LogP contribution in [0.5, 0.6) is 0 Å². The summed E-state index contributed by atoms with van der Waals surface area (Å²) in [6.07, 6.45) is 0.0283. The molecule has 1 saturated heterocycles. The average Bonchev–Trinajstić information content (AvgIpc) is 2.96. The van der Waals surface area contributed by atoms with E-state index in [1.807, 2.05) is 30.3 Å². The van der Waals surface area contributed by atoms with Crippen LogP contribution in [0.15, 0.2) is 30.3 Å². The summed E-state index contributed by atoms with van der Waals surface area (Å²) in [7, 11) is 1.33. The van der Waals surface area contributed by atoms with Crippen molar-refractivity contribution >= 4 is 12.1 Å². The number of carbonyl (C=O) groups is 2. The maximum Gasteiger partial charge on any atom is 0.411 e. The number of carbonyl (C=O) groups excluding carboxylic acids is 2. The SMILES string of the molecule is COC(=O)[C@H]1CC(NCc2ccccc2)CN1C(=O)OC(C)(C)C. The van der Waals surface area contributed by atoms with Crippen molar-refractivity contribution in [3.8, 4) is 0 Å². The Bertz CT molecular complexity index is 568. The molecule has 0 spiro atoms. The third-order valence-corrected chi connectivity index (χ3v) is 3.84. The number of likely N-dealkylation sites (tertiary alicyclic amines) is 1. The Balaban J connectivity index is 2.01. The summed E-state index contributed by atoms with van der Waals surface area (Å²) < 4.78 is 10.2. The molecule has 1 amide bonds. The molecule has 1 aliphatic rings. The Morgan fingerprint density at radius 2 is 1.92 bits per heavy atom. The summed E-state index contributed by atoms with van der Waals surface area (Å²) in [5.41, 5.74) is 0.552. The molecule has 1 aromatic rings. The van der Waals surface area contributed by atoms with Gasteiger partial charge in [0, 0.05) is 19.1 Å². The van der Waals surface area contributed by atoms with Crippen LogP contribution in [-0.4, -0.2) is 48.3 Å². The molecule has 1 aromatic carbocycles. The van der Waals surface area contributed by atoms with Crippen molar-refractivity contribution < 1.29 is 19.1 Å². The number of esters is 1. The quantitative estimate of drug-likeness (QED) is 0.856. The lowest BCUT2D eigenvalue weighted by atomic mass is 10.1. The number of ether oxygens (including phenoxy) is 2. The fraction of sp³-hybridized carbons (Fsp3) is 0.556. The second-order valence-electron chi connectivity index (χ2n) is 6.97. The summed E-state index contributed by atoms with van der Waals surface area (Å²) in [4.78, 5) is 25.9. The highest BCUT2D eigenvalue weighted by atomic mass is 16.6. The first kappa shape index (κ1) is 18.3. The van der Waals surface area contributed by atoms with Crippen LogP contribution in [-0.2, 0) is 20.8 Å². The van der Waals surface area contributed by atoms with Crippen molar-refractivity contribution in [3.05, 3.63) is 35.9 Å². The van der Waals surface area contributed by atoms with E-state index in [2.05, 4.69) is 5.32 Å². The molecule has 0 aromatic heterocycles. The molecule has 6 heteroatoms. The van der Waals surface area contributed by atoms with Crippen LogP contribution in [0.3, 0.4) is 0 Å². The third kappa shape index (κ3) is 4.96. The van der Waals surface area contributed by atoms with Crippen LogP contribution in [0, 0.1) is 0 Å². The summed E-state index contributed by atoms with van der Waals surface area (Å²) in [5, 5.41) is 3.40. The van der Waals surface area contributed by atoms with Crippen LogP contribution in [0.25, 0.3) is 0 Å². The number of methoxy groups -OCH3 is 1. The second-order valence-corrected chi connectivity index (χ2v) is 6.97. The Kier molecular flexibility index (Phi) is 5.83. The van der Waals surface area contributed by atoms with E-state index in [1.54, 1.807) is 20.8 Å². The zero-order valence-electron chi connectivity index (χ0n) is 14.7. The zero-order valence-corrected chi connectivity index (χ0v) is 14.7. The van der Waals surface area contributed by atoms with Gasteiger partial charge in [-0.3, -0.25) is 4.90 Å². The first-order valence-electron chi connectivity index (χ1n) is 8.15. The van der Waals surface area contributed by atoms with Crippen molar-refractivity contribution in [2.75, 3.05) is 13.7 Å². The Labute approximate surface area is 143 Å². The molecule has 2 rings (SSSR count). The minimum absolute atomic E-state index is 0.0156. The van der Waals surface area contributed by atoms with E-state index in [4.69, 9.17) is 9.47 Å². The zero-order chi connectivity index (χ0) is 17.7. The highest BCUT2D eigenvalue weighted by Gasteiger charge is 2.41. The normalized spacial score (nSPS) is 20.8. The van der Waals surface area contributed by atoms with Crippen LogP contribution in [0.4, 0.5) is 4.79 Å². The molecule has 132 valence electrons. The lowest BCUT2D eigenvalue weighted by Gasteiger charge is -2.27. The molecular formula is C18H26N2O4. The highest BCUT2D eigenvalue weighted by Crippen LogP contribution is 2.22. The van der Waals surface area contributed by atoms with E-state index in [9.17, 15) is 9.59 Å². The predicted molar refractivity (Wildman–Crippen MR) is 90.4 cm³/mol. The van der Waals surface area contributed by atoms with E-state index in [0.717, 1.165) is 5.56 Å². The van der Waals surface area contributed by atoms with Gasteiger partial charge >= 0.3 is 12.1 Å². The van der Waals surface area contributed by atoms with Crippen LogP contribution >= 0.6 is 0 Å². The van der Waals surface area contributed by atoms with Crippen molar-refractivity contribution in [3.63, 3.8) is 0 Å². The molecule has 1 N–H and O–H groups in total. The van der Waals surface area contributed by atoms with E-state index < -0.39 is 23.7 Å². The summed E-state index contributed by atoms with van der Waals surface area (Å²) >= 11 is 0. The van der Waals surface area contributed by atoms with Crippen LogP contribution in [0.1, 0.15) is 32.8 Å². The monoisotopic (exact) mass is 334 g/mol. The molecule has 24 heavy (non-hydrogen) atoms. The number of hydrogen-bond acceptors (Lipinski definition) is 5. The molecule has 1 heterocycles. The van der Waals surface area contributed by atoms with Crippen molar-refractivity contribution in [2.45, 2.75) is 51.4 Å². The molecule has 0 aliphatic carbocycles. The third-order valence-electron chi connectivity index (χ3n) is 3.84. The lowest BCUT2D eigenvalue weighted by molar-refractivity contribution is -0.145. The van der Waals surface area contributed by atoms with Gasteiger partial charge in [-0.05, 0) is 32.8 Å². The molecule has 1 unspecified atom stereocenters. The number of hydrogen-bond donors (Lipinski definition) is 1. The van der Waals surface area contributed by atoms with Crippen LogP contribution in [0.2, 0.25) is 0 Å². The molecule has 6 nitrogen and oxygen atoms in total. The molecule has 0 bridgehead atoms. The van der Waals surface area contributed by atoms with Gasteiger partial charge in [-0.2, -0.15) is 0 Å². The minimum atomic E-state index is -0.613. The summed E-state index contributed by atoms with van der Waals surface area (Å²) in [5.74, 6) is -0.412. The number of nitrogens with zero attached hydrogens (tertiary/aromatic N) is 1. The molecule has 0 radical (unpaired) electrons. The first-order valence-corrected chi connectivity index (χ1v) is 8.15. The van der Waals surface area contributed by atoms with Gasteiger partial charge in [0.05, 0.1) is 7.11 Å². The topological polar surface area (TPSA) is 67.9 Å². The number of amides is 1. The fourth-order valence-electron chi connectivity index (χ4n) is 2.72. The average molecular weight is 334 g/mol. The van der Waals surface area contributed by atoms with Gasteiger partial charge in [0.1, 0.15) is 11.6 Å². The summed E-state index contributed by atoms with van der Waals surface area (Å²) in [6, 6.07) is 9.40. The Morgan fingerprint density at radius 1 is 1.25 bits per heavy atom. The lowest BCUT2D eigenvalue weighted by Crippen LogP contribution is -2.44. The van der Waals surface area contributed by atoms with E-state index >= 15 is 0 Å². The van der Waals surface area contributed by atoms with E-state index in [-0.39, 0.29) is 6.04 Å². The van der Waals surface area contributed by atoms with Gasteiger partial charge < -0.3 is 14.8 Å². The maximum atomic E-state index is 12.4. The predicted octanol–water partition coefficient (Wildman–Crippen LogP) is 2.33. The Hall–Kier alpha value is -2.08. The van der Waals surface area contributed by atoms with Gasteiger partial charge in [0.25, 0.3) is 0 Å². The summed E-state index contributed by atoms with van der Waals surface area (Å²) in [6.45, 7) is 6.51. The second kappa shape index (κ2) is 7.66. The van der Waals surface area contributed by atoms with Crippen molar-refractivity contribution in [1.82, 2.24) is 10.2 Å². The van der Waals surface area contributed by atoms with Crippen molar-refractivity contribution in [1.29, 1.82) is 0 Å². The van der Waals surface area contributed by atoms with E-state index in [1.165, 1.54) is 12.0 Å². The van der Waals surface area contributed by atoms with Gasteiger partial charge in [-0.25, -0.2) is 9.59 Å². The maximum absolute atomic E-state index is 12.4. The van der Waals surface area contributed by atoms with E-state index in [0.29, 0.717) is 19.5 Å². The smallest absolute Gasteiger partial charge is 0.411 e. The molecule has 1 aliphatic heterocycles. The van der Waals surface area contributed by atoms with Crippen LogP contribution < -0.4 is 5.32 Å². The first-order chi connectivity index (χ1) is 11.3. The number of benzene rings is 1. The minimum Gasteiger partial charge on any atom is -0.467 e. The molecular weight excluding hydrogens is 308 g/mol. The molecule has 2 atom stereocenters. The standard InChI is InChI=1S/C18H26N2O4/c1-18(2,3)24-17(22)20-12-14(10-15(20)16(21)23-4)19-11-13-8-6-5-7-9-13/h5-9,14-15,19H,10-12H2,1-4H3/t14?,15-/m1/s1. The van der Waals surface area contributed by atoms with Gasteiger partial charge in [0.15, 0.2) is 0 Å².